The molecule has 0 aromatic carbocycles. The Hall–Kier alpha value is -2.42. The van der Waals surface area contributed by atoms with Gasteiger partial charge < -0.3 is 23.7 Å². The van der Waals surface area contributed by atoms with Gasteiger partial charge in [-0.3, -0.25) is 14.4 Å². The summed E-state index contributed by atoms with van der Waals surface area (Å²) >= 11 is 0. The number of hydrogen-bond donors (Lipinski definition) is 0. The molecular weight excluding hydrogens is 396 g/mol. The fraction of sp³-hybridized carbons (Fsp3) is 0.714. The molecule has 3 heterocycles. The second-order valence-corrected chi connectivity index (χ2v) is 8.59. The molecule has 3 saturated heterocycles. The first-order chi connectivity index (χ1) is 14.3. The van der Waals surface area contributed by atoms with Gasteiger partial charge in [-0.1, -0.05) is 13.0 Å². The number of carbonyl (C=O) groups excluding carboxylic acids is 4. The lowest BCUT2D eigenvalue weighted by atomic mass is 9.78. The number of methoxy groups -OCH3 is 1. The van der Waals surface area contributed by atoms with Crippen LogP contribution in [0.5, 0.6) is 0 Å². The molecule has 164 valence electrons. The SMILES string of the molecule is C=C(C)C(=O)OC1(CC(=O)OC2C3OC(=O)C4C3OC2C4C(=O)OC)CCCCC1. The molecule has 0 aromatic heterocycles. The van der Waals surface area contributed by atoms with Crippen LogP contribution in [-0.4, -0.2) is 61.0 Å². The highest BCUT2D eigenvalue weighted by Gasteiger charge is 2.72. The quantitative estimate of drug-likeness (QED) is 0.354. The zero-order chi connectivity index (χ0) is 21.6. The van der Waals surface area contributed by atoms with Crippen LogP contribution in [0, 0.1) is 11.8 Å². The van der Waals surface area contributed by atoms with Crippen LogP contribution < -0.4 is 0 Å². The number of carbonyl (C=O) groups is 4. The normalized spacial score (nSPS) is 35.5. The summed E-state index contributed by atoms with van der Waals surface area (Å²) in [7, 11) is 1.23. The number of hydrogen-bond acceptors (Lipinski definition) is 9. The fourth-order valence-electron chi connectivity index (χ4n) is 5.13. The second-order valence-electron chi connectivity index (χ2n) is 8.59. The molecular formula is C21H26O9. The summed E-state index contributed by atoms with van der Waals surface area (Å²) in [5.41, 5.74) is -0.680. The van der Waals surface area contributed by atoms with E-state index >= 15 is 0 Å². The Kier molecular flexibility index (Phi) is 5.34. The molecule has 1 aliphatic carbocycles. The molecule has 4 fully saturated rings. The number of fused-ring (bicyclic) bond motifs is 1. The molecule has 3 aliphatic heterocycles. The lowest BCUT2D eigenvalue weighted by Gasteiger charge is -2.36. The van der Waals surface area contributed by atoms with E-state index in [4.69, 9.17) is 23.7 Å². The third-order valence-corrected chi connectivity index (χ3v) is 6.53. The van der Waals surface area contributed by atoms with Crippen molar-refractivity contribution in [1.29, 1.82) is 0 Å². The lowest BCUT2D eigenvalue weighted by Crippen LogP contribution is -2.48. The van der Waals surface area contributed by atoms with E-state index in [0.717, 1.165) is 19.3 Å². The molecule has 9 nitrogen and oxygen atoms in total. The molecule has 0 radical (unpaired) electrons. The van der Waals surface area contributed by atoms with Crippen molar-refractivity contribution in [1.82, 2.24) is 0 Å². The van der Waals surface area contributed by atoms with Crippen molar-refractivity contribution < 1.29 is 42.9 Å². The third-order valence-electron chi connectivity index (χ3n) is 6.53. The van der Waals surface area contributed by atoms with Crippen molar-refractivity contribution in [2.45, 2.75) is 75.5 Å². The molecule has 0 spiro atoms. The van der Waals surface area contributed by atoms with Crippen molar-refractivity contribution in [3.05, 3.63) is 12.2 Å². The van der Waals surface area contributed by atoms with Gasteiger partial charge in [-0.15, -0.1) is 0 Å². The van der Waals surface area contributed by atoms with Gasteiger partial charge in [-0.25, -0.2) is 4.79 Å². The maximum Gasteiger partial charge on any atom is 0.333 e. The van der Waals surface area contributed by atoms with Gasteiger partial charge in [0.05, 0.1) is 13.5 Å². The zero-order valence-corrected chi connectivity index (χ0v) is 17.1. The van der Waals surface area contributed by atoms with Crippen molar-refractivity contribution in [3.8, 4) is 0 Å². The maximum atomic E-state index is 12.9. The van der Waals surface area contributed by atoms with E-state index < -0.39 is 65.7 Å². The molecule has 30 heavy (non-hydrogen) atoms. The highest BCUT2D eigenvalue weighted by molar-refractivity contribution is 5.88. The Bertz CT molecular complexity index is 781. The minimum atomic E-state index is -0.944. The fourth-order valence-corrected chi connectivity index (χ4v) is 5.13. The van der Waals surface area contributed by atoms with Gasteiger partial charge in [0.25, 0.3) is 0 Å². The molecule has 0 amide bonds. The van der Waals surface area contributed by atoms with Gasteiger partial charge >= 0.3 is 23.9 Å². The van der Waals surface area contributed by atoms with E-state index in [1.165, 1.54) is 7.11 Å². The summed E-state index contributed by atoms with van der Waals surface area (Å²) in [6.45, 7) is 5.16. The van der Waals surface area contributed by atoms with Crippen LogP contribution in [0.1, 0.15) is 45.4 Å². The number of esters is 4. The predicted molar refractivity (Wildman–Crippen MR) is 98.8 cm³/mol. The highest BCUT2D eigenvalue weighted by Crippen LogP contribution is 2.51. The van der Waals surface area contributed by atoms with Gasteiger partial charge in [0.1, 0.15) is 29.6 Å². The van der Waals surface area contributed by atoms with Gasteiger partial charge in [0.2, 0.25) is 0 Å². The first kappa shape index (κ1) is 20.8. The summed E-state index contributed by atoms with van der Waals surface area (Å²) < 4.78 is 27.2. The maximum absolute atomic E-state index is 12.9. The van der Waals surface area contributed by atoms with Crippen LogP contribution in [0.4, 0.5) is 0 Å². The van der Waals surface area contributed by atoms with Crippen LogP contribution in [0.3, 0.4) is 0 Å². The second kappa shape index (κ2) is 7.68. The molecule has 2 bridgehead atoms. The van der Waals surface area contributed by atoms with E-state index in [-0.39, 0.29) is 12.0 Å². The summed E-state index contributed by atoms with van der Waals surface area (Å²) in [5, 5.41) is 0. The molecule has 0 aromatic rings. The number of rotatable bonds is 6. The Morgan fingerprint density at radius 3 is 2.47 bits per heavy atom. The van der Waals surface area contributed by atoms with E-state index in [1.807, 2.05) is 0 Å². The van der Waals surface area contributed by atoms with Crippen LogP contribution >= 0.6 is 0 Å². The average molecular weight is 422 g/mol. The molecule has 6 atom stereocenters. The van der Waals surface area contributed by atoms with Crippen LogP contribution in [-0.2, 0) is 42.9 Å². The monoisotopic (exact) mass is 422 g/mol. The molecule has 1 saturated carbocycles. The Labute approximate surface area is 174 Å². The molecule has 0 N–H and O–H groups in total. The Morgan fingerprint density at radius 2 is 1.83 bits per heavy atom. The van der Waals surface area contributed by atoms with Gasteiger partial charge in [-0.05, 0) is 32.6 Å². The average Bonchev–Trinajstić information content (AvgIpc) is 3.31. The zero-order valence-electron chi connectivity index (χ0n) is 17.1. The van der Waals surface area contributed by atoms with Gasteiger partial charge in [0, 0.05) is 5.57 Å². The molecule has 6 unspecified atom stereocenters. The largest absolute Gasteiger partial charge is 0.469 e. The minimum absolute atomic E-state index is 0.118. The van der Waals surface area contributed by atoms with Gasteiger partial charge in [-0.2, -0.15) is 0 Å². The van der Waals surface area contributed by atoms with E-state index in [9.17, 15) is 19.2 Å². The lowest BCUT2D eigenvalue weighted by molar-refractivity contribution is -0.175. The van der Waals surface area contributed by atoms with E-state index in [1.54, 1.807) is 6.92 Å². The standard InChI is InChI=1S/C21H26O9/c1-10(2)18(23)30-21(7-5-4-6-8-21)9-11(22)27-16-14-12(19(24)26-3)13-15(28-14)17(16)29-20(13)25/h12-17H,1,4-9H2,2-3H3. The summed E-state index contributed by atoms with van der Waals surface area (Å²) in [6.07, 6.45) is 0.598. The predicted octanol–water partition coefficient (Wildman–Crippen LogP) is 1.22. The highest BCUT2D eigenvalue weighted by atomic mass is 16.7. The summed E-state index contributed by atoms with van der Waals surface area (Å²) in [5.74, 6) is -3.86. The van der Waals surface area contributed by atoms with Crippen LogP contribution in [0.25, 0.3) is 0 Å². The molecule has 4 aliphatic rings. The summed E-state index contributed by atoms with van der Waals surface area (Å²) in [4.78, 5) is 49.4. The van der Waals surface area contributed by atoms with Crippen molar-refractivity contribution in [3.63, 3.8) is 0 Å². The first-order valence-corrected chi connectivity index (χ1v) is 10.3. The Morgan fingerprint density at radius 1 is 1.13 bits per heavy atom. The topological polar surface area (TPSA) is 114 Å². The van der Waals surface area contributed by atoms with E-state index in [0.29, 0.717) is 12.8 Å². The van der Waals surface area contributed by atoms with Crippen LogP contribution in [0.15, 0.2) is 12.2 Å². The molecule has 9 heteroatoms. The summed E-state index contributed by atoms with van der Waals surface area (Å²) in [6, 6.07) is 0. The molecule has 4 rings (SSSR count). The first-order valence-electron chi connectivity index (χ1n) is 10.3. The van der Waals surface area contributed by atoms with Crippen LogP contribution in [0.2, 0.25) is 0 Å². The number of ether oxygens (including phenoxy) is 5. The smallest absolute Gasteiger partial charge is 0.333 e. The van der Waals surface area contributed by atoms with Crippen molar-refractivity contribution in [2.75, 3.05) is 7.11 Å². The van der Waals surface area contributed by atoms with Gasteiger partial charge in [0.15, 0.2) is 12.2 Å². The van der Waals surface area contributed by atoms with Crippen molar-refractivity contribution in [2.24, 2.45) is 11.8 Å². The van der Waals surface area contributed by atoms with E-state index in [2.05, 4.69) is 6.58 Å². The third kappa shape index (κ3) is 3.38. The Balaban J connectivity index is 1.48. The van der Waals surface area contributed by atoms with Crippen molar-refractivity contribution >= 4 is 23.9 Å². The minimum Gasteiger partial charge on any atom is -0.469 e.